The Kier molecular flexibility index (Phi) is 6.98. The number of anilines is 1. The fraction of sp³-hybridized carbons (Fsp3) is 0.278. The lowest BCUT2D eigenvalue weighted by molar-refractivity contribution is 0.491. The van der Waals surface area contributed by atoms with Gasteiger partial charge in [0.05, 0.1) is 35.1 Å². The van der Waals surface area contributed by atoms with Crippen molar-refractivity contribution in [2.75, 3.05) is 12.4 Å². The van der Waals surface area contributed by atoms with Crippen molar-refractivity contribution < 1.29 is 0 Å². The van der Waals surface area contributed by atoms with Crippen molar-refractivity contribution in [3.8, 4) is 0 Å². The predicted molar refractivity (Wildman–Crippen MR) is 121 cm³/mol. The molecule has 3 aromatic rings. The van der Waals surface area contributed by atoms with Crippen LogP contribution >= 0.6 is 51.3 Å². The van der Waals surface area contributed by atoms with Crippen molar-refractivity contribution in [1.29, 1.82) is 0 Å². The third kappa shape index (κ3) is 5.26. The molecule has 0 saturated carbocycles. The van der Waals surface area contributed by atoms with Gasteiger partial charge in [-0.05, 0) is 52.8 Å². The largest absolute Gasteiger partial charge is 0.346 e. The Morgan fingerprint density at radius 2 is 2.07 bits per heavy atom. The van der Waals surface area contributed by atoms with E-state index in [1.165, 1.54) is 0 Å². The van der Waals surface area contributed by atoms with Crippen LogP contribution in [0.15, 0.2) is 41.3 Å². The zero-order valence-electron chi connectivity index (χ0n) is 15.4. The molecule has 6 nitrogen and oxygen atoms in total. The molecule has 28 heavy (non-hydrogen) atoms. The summed E-state index contributed by atoms with van der Waals surface area (Å²) < 4.78 is 4.64. The predicted octanol–water partition coefficient (Wildman–Crippen LogP) is 5.05. The SMILES string of the molecule is CCn1cc(Br)c(CN(C)C(=S)Nc2cnn(Cc3ccc(Cl)cc3Cl)c2)n1. The molecular formula is C18H19BrCl2N6S. The minimum atomic E-state index is 0.543. The van der Waals surface area contributed by atoms with E-state index in [0.29, 0.717) is 28.2 Å². The van der Waals surface area contributed by atoms with Crippen LogP contribution < -0.4 is 5.32 Å². The van der Waals surface area contributed by atoms with Gasteiger partial charge in [0.2, 0.25) is 0 Å². The minimum Gasteiger partial charge on any atom is -0.346 e. The summed E-state index contributed by atoms with van der Waals surface area (Å²) in [7, 11) is 1.92. The zero-order valence-corrected chi connectivity index (χ0v) is 19.3. The van der Waals surface area contributed by atoms with Crippen LogP contribution in [-0.4, -0.2) is 36.6 Å². The van der Waals surface area contributed by atoms with Gasteiger partial charge in [-0.1, -0.05) is 29.3 Å². The summed E-state index contributed by atoms with van der Waals surface area (Å²) in [5.41, 5.74) is 2.68. The molecule has 0 amide bonds. The molecule has 148 valence electrons. The number of nitrogens with zero attached hydrogens (tertiary/aromatic N) is 5. The van der Waals surface area contributed by atoms with Crippen molar-refractivity contribution in [3.63, 3.8) is 0 Å². The maximum absolute atomic E-state index is 6.23. The number of thiocarbonyl (C=S) groups is 1. The van der Waals surface area contributed by atoms with E-state index in [0.717, 1.165) is 28.0 Å². The fourth-order valence-corrected chi connectivity index (χ4v) is 3.65. The molecule has 0 aliphatic rings. The van der Waals surface area contributed by atoms with E-state index < -0.39 is 0 Å². The average molecular weight is 502 g/mol. The molecule has 0 unspecified atom stereocenters. The Labute approximate surface area is 187 Å². The molecule has 0 saturated heterocycles. The highest BCUT2D eigenvalue weighted by Gasteiger charge is 2.12. The van der Waals surface area contributed by atoms with Gasteiger partial charge in [-0.2, -0.15) is 10.2 Å². The molecular weight excluding hydrogens is 483 g/mol. The Morgan fingerprint density at radius 1 is 1.29 bits per heavy atom. The lowest BCUT2D eigenvalue weighted by atomic mass is 10.2. The van der Waals surface area contributed by atoms with Gasteiger partial charge in [-0.25, -0.2) is 0 Å². The third-order valence-electron chi connectivity index (χ3n) is 4.08. The third-order valence-corrected chi connectivity index (χ3v) is 5.74. The quantitative estimate of drug-likeness (QED) is 0.479. The monoisotopic (exact) mass is 500 g/mol. The number of nitrogens with one attached hydrogen (secondary N) is 1. The minimum absolute atomic E-state index is 0.543. The van der Waals surface area contributed by atoms with Crippen LogP contribution in [0, 0.1) is 0 Å². The number of aryl methyl sites for hydroxylation is 1. The van der Waals surface area contributed by atoms with Gasteiger partial charge >= 0.3 is 0 Å². The number of halogens is 3. The number of benzene rings is 1. The van der Waals surface area contributed by atoms with Crippen LogP contribution in [0.2, 0.25) is 10.0 Å². The molecule has 0 fully saturated rings. The number of aromatic nitrogens is 4. The first-order chi connectivity index (χ1) is 13.4. The number of hydrogen-bond donors (Lipinski definition) is 1. The molecule has 10 heteroatoms. The van der Waals surface area contributed by atoms with Crippen molar-refractivity contribution in [2.45, 2.75) is 26.6 Å². The van der Waals surface area contributed by atoms with Gasteiger partial charge in [0.1, 0.15) is 0 Å². The van der Waals surface area contributed by atoms with Crippen LogP contribution in [0.25, 0.3) is 0 Å². The highest BCUT2D eigenvalue weighted by atomic mass is 79.9. The lowest BCUT2D eigenvalue weighted by Crippen LogP contribution is -2.30. The molecule has 2 aromatic heterocycles. The van der Waals surface area contributed by atoms with Gasteiger partial charge in [0, 0.05) is 36.0 Å². The molecule has 2 heterocycles. The van der Waals surface area contributed by atoms with Crippen LogP contribution in [0.4, 0.5) is 5.69 Å². The highest BCUT2D eigenvalue weighted by Crippen LogP contribution is 2.22. The van der Waals surface area contributed by atoms with E-state index >= 15 is 0 Å². The summed E-state index contributed by atoms with van der Waals surface area (Å²) in [6.07, 6.45) is 5.57. The van der Waals surface area contributed by atoms with E-state index in [2.05, 4.69) is 31.4 Å². The van der Waals surface area contributed by atoms with Crippen molar-refractivity contribution in [2.24, 2.45) is 0 Å². The molecule has 0 aliphatic carbocycles. The molecule has 0 atom stereocenters. The highest BCUT2D eigenvalue weighted by molar-refractivity contribution is 9.10. The van der Waals surface area contributed by atoms with E-state index in [9.17, 15) is 0 Å². The molecule has 0 bridgehead atoms. The second kappa shape index (κ2) is 9.26. The standard InChI is InChI=1S/C18H19BrCl2N6S/c1-3-26-10-15(19)17(24-26)11-25(2)18(28)23-14-7-22-27(9-14)8-12-4-5-13(20)6-16(12)21/h4-7,9-10H,3,8,11H2,1-2H3,(H,23,28). The second-order valence-electron chi connectivity index (χ2n) is 6.23. The number of hydrogen-bond acceptors (Lipinski definition) is 3. The first-order valence-electron chi connectivity index (χ1n) is 8.56. The van der Waals surface area contributed by atoms with Gasteiger partial charge in [-0.3, -0.25) is 9.36 Å². The molecule has 0 spiro atoms. The van der Waals surface area contributed by atoms with Crippen molar-refractivity contribution >= 4 is 62.1 Å². The summed E-state index contributed by atoms with van der Waals surface area (Å²) in [5.74, 6) is 0. The summed E-state index contributed by atoms with van der Waals surface area (Å²) >= 11 is 21.2. The summed E-state index contributed by atoms with van der Waals surface area (Å²) in [5, 5.41) is 13.9. The zero-order chi connectivity index (χ0) is 20.3. The van der Waals surface area contributed by atoms with Gasteiger partial charge < -0.3 is 10.2 Å². The van der Waals surface area contributed by atoms with E-state index in [1.54, 1.807) is 16.9 Å². The maximum atomic E-state index is 6.23. The molecule has 3 rings (SSSR count). The Morgan fingerprint density at radius 3 is 2.75 bits per heavy atom. The van der Waals surface area contributed by atoms with Crippen LogP contribution in [0.1, 0.15) is 18.2 Å². The smallest absolute Gasteiger partial charge is 0.173 e. The first-order valence-corrected chi connectivity index (χ1v) is 10.5. The molecule has 1 aromatic carbocycles. The van der Waals surface area contributed by atoms with Crippen LogP contribution in [-0.2, 0) is 19.6 Å². The topological polar surface area (TPSA) is 50.9 Å². The maximum Gasteiger partial charge on any atom is 0.173 e. The van der Waals surface area contributed by atoms with E-state index in [1.807, 2.05) is 48.1 Å². The van der Waals surface area contributed by atoms with Crippen LogP contribution in [0.5, 0.6) is 0 Å². The normalized spacial score (nSPS) is 10.9. The first kappa shape index (κ1) is 21.1. The van der Waals surface area contributed by atoms with Gasteiger partial charge in [0.25, 0.3) is 0 Å². The second-order valence-corrected chi connectivity index (χ2v) is 8.31. The van der Waals surface area contributed by atoms with Gasteiger partial charge in [-0.15, -0.1) is 0 Å². The fourth-order valence-electron chi connectivity index (χ4n) is 2.56. The van der Waals surface area contributed by atoms with Crippen molar-refractivity contribution in [1.82, 2.24) is 24.5 Å². The Balaban J connectivity index is 1.60. The summed E-state index contributed by atoms with van der Waals surface area (Å²) in [6.45, 7) is 4.01. The van der Waals surface area contributed by atoms with Crippen LogP contribution in [0.3, 0.4) is 0 Å². The molecule has 1 N–H and O–H groups in total. The Bertz CT molecular complexity index is 986. The molecule has 0 aliphatic heterocycles. The lowest BCUT2D eigenvalue weighted by Gasteiger charge is -2.19. The van der Waals surface area contributed by atoms with E-state index in [4.69, 9.17) is 35.4 Å². The summed E-state index contributed by atoms with van der Waals surface area (Å²) in [4.78, 5) is 1.93. The summed E-state index contributed by atoms with van der Waals surface area (Å²) in [6, 6.07) is 5.43. The van der Waals surface area contributed by atoms with Crippen molar-refractivity contribution in [3.05, 3.63) is 62.6 Å². The Hall–Kier alpha value is -1.61. The van der Waals surface area contributed by atoms with E-state index in [-0.39, 0.29) is 0 Å². The molecule has 0 radical (unpaired) electrons. The average Bonchev–Trinajstić information content (AvgIpc) is 3.23. The van der Waals surface area contributed by atoms with Gasteiger partial charge in [0.15, 0.2) is 5.11 Å². The number of rotatable bonds is 6.